The Morgan fingerprint density at radius 1 is 1.03 bits per heavy atom. The molecule has 1 saturated carbocycles. The van der Waals surface area contributed by atoms with Gasteiger partial charge < -0.3 is 25.8 Å². The molecule has 1 saturated heterocycles. The quantitative estimate of drug-likeness (QED) is 0.527. The third kappa shape index (κ3) is 7.15. The van der Waals surface area contributed by atoms with E-state index in [0.717, 1.165) is 31.2 Å². The number of amides is 3. The first-order chi connectivity index (χ1) is 14.5. The molecule has 1 aromatic rings. The molecule has 166 valence electrons. The maximum Gasteiger partial charge on any atom is 0.315 e. The van der Waals surface area contributed by atoms with Crippen molar-refractivity contribution in [3.8, 4) is 0 Å². The third-order valence-corrected chi connectivity index (χ3v) is 6.12. The van der Waals surface area contributed by atoms with Crippen LogP contribution in [-0.4, -0.2) is 47.9 Å². The average molecular weight is 438 g/mol. The van der Waals surface area contributed by atoms with Crippen LogP contribution in [0.3, 0.4) is 0 Å². The third-order valence-electron chi connectivity index (χ3n) is 5.87. The fourth-order valence-electron chi connectivity index (χ4n) is 4.17. The molecular formula is C22H32ClN3O4. The van der Waals surface area contributed by atoms with Crippen LogP contribution in [0.4, 0.5) is 4.79 Å². The van der Waals surface area contributed by atoms with Crippen molar-refractivity contribution in [2.45, 2.75) is 82.2 Å². The molecule has 8 heteroatoms. The maximum absolute atomic E-state index is 12.3. The van der Waals surface area contributed by atoms with Crippen molar-refractivity contribution < 1.29 is 19.4 Å². The summed E-state index contributed by atoms with van der Waals surface area (Å²) in [5.41, 5.74) is 0.971. The molecule has 2 aliphatic rings. The lowest BCUT2D eigenvalue weighted by Gasteiger charge is -2.36. The molecule has 3 amide bonds. The first-order valence-electron chi connectivity index (χ1n) is 10.9. The van der Waals surface area contributed by atoms with Crippen LogP contribution >= 0.6 is 11.6 Å². The lowest BCUT2D eigenvalue weighted by molar-refractivity contribution is -0.130. The number of carbonyl (C=O) groups is 2. The fraction of sp³-hybridized carbons (Fsp3) is 0.636. The van der Waals surface area contributed by atoms with E-state index in [1.165, 1.54) is 6.42 Å². The van der Waals surface area contributed by atoms with Gasteiger partial charge in [0, 0.05) is 17.6 Å². The van der Waals surface area contributed by atoms with E-state index in [9.17, 15) is 14.7 Å². The molecule has 2 fully saturated rings. The zero-order valence-corrected chi connectivity index (χ0v) is 18.0. The molecular weight excluding hydrogens is 406 g/mol. The molecule has 0 radical (unpaired) electrons. The predicted molar refractivity (Wildman–Crippen MR) is 115 cm³/mol. The van der Waals surface area contributed by atoms with Gasteiger partial charge in [-0.25, -0.2) is 4.79 Å². The van der Waals surface area contributed by atoms with E-state index in [0.29, 0.717) is 24.4 Å². The highest BCUT2D eigenvalue weighted by molar-refractivity contribution is 6.30. The number of halogens is 1. The van der Waals surface area contributed by atoms with Crippen molar-refractivity contribution in [2.24, 2.45) is 0 Å². The fourth-order valence-corrected chi connectivity index (χ4v) is 4.30. The van der Waals surface area contributed by atoms with Gasteiger partial charge in [0.2, 0.25) is 5.91 Å². The van der Waals surface area contributed by atoms with Crippen LogP contribution in [0.1, 0.15) is 56.9 Å². The lowest BCUT2D eigenvalue weighted by Crippen LogP contribution is -2.55. The molecule has 0 bridgehead atoms. The van der Waals surface area contributed by atoms with Gasteiger partial charge in [0.15, 0.2) is 0 Å². The number of ether oxygens (including phenoxy) is 1. The molecule has 0 unspecified atom stereocenters. The molecule has 1 heterocycles. The molecule has 1 aromatic carbocycles. The number of rotatable bonds is 7. The van der Waals surface area contributed by atoms with Gasteiger partial charge in [-0.1, -0.05) is 43.0 Å². The summed E-state index contributed by atoms with van der Waals surface area (Å²) in [6.07, 6.45) is 6.34. The van der Waals surface area contributed by atoms with Crippen LogP contribution in [0.25, 0.3) is 0 Å². The topological polar surface area (TPSA) is 99.7 Å². The van der Waals surface area contributed by atoms with Gasteiger partial charge in [-0.3, -0.25) is 4.79 Å². The summed E-state index contributed by atoms with van der Waals surface area (Å²) in [5.74, 6) is -0.104. The smallest absolute Gasteiger partial charge is 0.315 e. The number of aliphatic hydroxyl groups excluding tert-OH is 1. The first kappa shape index (κ1) is 22.8. The van der Waals surface area contributed by atoms with E-state index >= 15 is 0 Å². The highest BCUT2D eigenvalue weighted by atomic mass is 35.5. The minimum absolute atomic E-state index is 0.104. The van der Waals surface area contributed by atoms with Gasteiger partial charge in [0.05, 0.1) is 25.2 Å². The molecule has 1 aliphatic heterocycles. The van der Waals surface area contributed by atoms with E-state index in [-0.39, 0.29) is 43.2 Å². The summed E-state index contributed by atoms with van der Waals surface area (Å²) in [5, 5.41) is 19.2. The van der Waals surface area contributed by atoms with E-state index in [2.05, 4.69) is 16.0 Å². The number of carbonyl (C=O) groups excluding carboxylic acids is 2. The van der Waals surface area contributed by atoms with Crippen molar-refractivity contribution in [3.63, 3.8) is 0 Å². The molecule has 0 spiro atoms. The zero-order chi connectivity index (χ0) is 21.3. The van der Waals surface area contributed by atoms with Gasteiger partial charge in [-0.2, -0.15) is 0 Å². The van der Waals surface area contributed by atoms with Crippen LogP contribution in [-0.2, 0) is 16.1 Å². The van der Waals surface area contributed by atoms with E-state index < -0.39 is 6.10 Å². The molecule has 7 nitrogen and oxygen atoms in total. The Kier molecular flexibility index (Phi) is 8.78. The van der Waals surface area contributed by atoms with Crippen LogP contribution in [0, 0.1) is 0 Å². The summed E-state index contributed by atoms with van der Waals surface area (Å²) in [6, 6.07) is 7.09. The minimum Gasteiger partial charge on any atom is -0.394 e. The Bertz CT molecular complexity index is 694. The second kappa shape index (κ2) is 11.5. The summed E-state index contributed by atoms with van der Waals surface area (Å²) >= 11 is 5.87. The molecule has 1 aliphatic carbocycles. The normalized spacial score (nSPS) is 24.8. The second-order valence-corrected chi connectivity index (χ2v) is 8.66. The number of benzene rings is 1. The number of hydrogen-bond acceptors (Lipinski definition) is 4. The van der Waals surface area contributed by atoms with E-state index in [1.807, 2.05) is 12.1 Å². The van der Waals surface area contributed by atoms with Gasteiger partial charge in [-0.05, 0) is 43.4 Å². The highest BCUT2D eigenvalue weighted by Gasteiger charge is 2.33. The van der Waals surface area contributed by atoms with Crippen molar-refractivity contribution in [2.75, 3.05) is 6.61 Å². The number of nitrogens with one attached hydrogen (secondary N) is 3. The van der Waals surface area contributed by atoms with Crippen molar-refractivity contribution >= 4 is 23.5 Å². The number of aliphatic hydroxyl groups is 1. The second-order valence-electron chi connectivity index (χ2n) is 8.22. The van der Waals surface area contributed by atoms with Crippen LogP contribution < -0.4 is 16.0 Å². The average Bonchev–Trinajstić information content (AvgIpc) is 2.75. The summed E-state index contributed by atoms with van der Waals surface area (Å²) in [4.78, 5) is 24.6. The standard InChI is InChI=1S/C22H32ClN3O4/c23-16-8-6-15(7-9-16)13-24-21(28)12-18-10-11-19(20(14-27)30-18)26-22(29)25-17-4-2-1-3-5-17/h6-9,17-20,27H,1-5,10-14H2,(H,24,28)(H2,25,26,29)/t18-,19+,20+/m0/s1. The van der Waals surface area contributed by atoms with E-state index in [4.69, 9.17) is 16.3 Å². The Hall–Kier alpha value is -1.83. The number of urea groups is 1. The van der Waals surface area contributed by atoms with Gasteiger partial charge in [0.25, 0.3) is 0 Å². The van der Waals surface area contributed by atoms with Crippen LogP contribution in [0.5, 0.6) is 0 Å². The zero-order valence-electron chi connectivity index (χ0n) is 17.2. The maximum atomic E-state index is 12.3. The summed E-state index contributed by atoms with van der Waals surface area (Å²) < 4.78 is 5.91. The van der Waals surface area contributed by atoms with Gasteiger partial charge >= 0.3 is 6.03 Å². The molecule has 3 rings (SSSR count). The SMILES string of the molecule is O=C(C[C@@H]1CC[C@@H](NC(=O)NC2CCCCC2)[C@@H](CO)O1)NCc1ccc(Cl)cc1. The largest absolute Gasteiger partial charge is 0.394 e. The monoisotopic (exact) mass is 437 g/mol. The lowest BCUT2D eigenvalue weighted by atomic mass is 9.95. The Morgan fingerprint density at radius 2 is 1.77 bits per heavy atom. The molecule has 30 heavy (non-hydrogen) atoms. The summed E-state index contributed by atoms with van der Waals surface area (Å²) in [6.45, 7) is 0.231. The molecule has 4 N–H and O–H groups in total. The van der Waals surface area contributed by atoms with Crippen molar-refractivity contribution in [1.82, 2.24) is 16.0 Å². The van der Waals surface area contributed by atoms with Gasteiger partial charge in [-0.15, -0.1) is 0 Å². The van der Waals surface area contributed by atoms with Crippen molar-refractivity contribution in [3.05, 3.63) is 34.9 Å². The number of hydrogen-bond donors (Lipinski definition) is 4. The first-order valence-corrected chi connectivity index (χ1v) is 11.3. The Balaban J connectivity index is 1.40. The van der Waals surface area contributed by atoms with Gasteiger partial charge in [0.1, 0.15) is 6.10 Å². The highest BCUT2D eigenvalue weighted by Crippen LogP contribution is 2.22. The molecule has 3 atom stereocenters. The Morgan fingerprint density at radius 3 is 2.47 bits per heavy atom. The van der Waals surface area contributed by atoms with Crippen LogP contribution in [0.15, 0.2) is 24.3 Å². The Labute approximate surface area is 182 Å². The predicted octanol–water partition coefficient (Wildman–Crippen LogP) is 2.89. The van der Waals surface area contributed by atoms with Crippen molar-refractivity contribution in [1.29, 1.82) is 0 Å². The molecule has 0 aromatic heterocycles. The summed E-state index contributed by atoms with van der Waals surface area (Å²) in [7, 11) is 0. The minimum atomic E-state index is -0.509. The van der Waals surface area contributed by atoms with Crippen LogP contribution in [0.2, 0.25) is 5.02 Å². The van der Waals surface area contributed by atoms with E-state index in [1.54, 1.807) is 12.1 Å².